The molecule has 1 aromatic carbocycles. The van der Waals surface area contributed by atoms with Gasteiger partial charge in [0.15, 0.2) is 0 Å². The Morgan fingerprint density at radius 1 is 1.00 bits per heavy atom. The number of carbonyl (C=O) groups excluding carboxylic acids is 2. The van der Waals surface area contributed by atoms with Crippen LogP contribution < -0.4 is 5.32 Å². The number of likely N-dealkylation sites (tertiary alicyclic amines) is 2. The fourth-order valence-corrected chi connectivity index (χ4v) is 3.64. The predicted molar refractivity (Wildman–Crippen MR) is 98.3 cm³/mol. The van der Waals surface area contributed by atoms with Gasteiger partial charge in [-0.2, -0.15) is 0 Å². The number of carbonyl (C=O) groups is 2. The first-order valence-electron chi connectivity index (χ1n) is 9.60. The van der Waals surface area contributed by atoms with E-state index < -0.39 is 0 Å². The Morgan fingerprint density at radius 2 is 1.76 bits per heavy atom. The number of amides is 2. The maximum Gasteiger partial charge on any atom is 0.251 e. The van der Waals surface area contributed by atoms with Crippen LogP contribution in [0.1, 0.15) is 54.4 Å². The summed E-state index contributed by atoms with van der Waals surface area (Å²) in [6.45, 7) is 5.70. The highest BCUT2D eigenvalue weighted by Gasteiger charge is 2.20. The average molecular weight is 343 g/mol. The van der Waals surface area contributed by atoms with Crippen LogP contribution in [0.4, 0.5) is 0 Å². The molecule has 2 heterocycles. The van der Waals surface area contributed by atoms with Crippen LogP contribution in [0, 0.1) is 0 Å². The van der Waals surface area contributed by atoms with Crippen molar-refractivity contribution in [3.63, 3.8) is 0 Å². The molecule has 0 bridgehead atoms. The normalized spacial score (nSPS) is 18.6. The molecule has 2 amide bonds. The lowest BCUT2D eigenvalue weighted by Crippen LogP contribution is -2.33. The molecule has 1 N–H and O–H groups in total. The summed E-state index contributed by atoms with van der Waals surface area (Å²) < 4.78 is 0. The fourth-order valence-electron chi connectivity index (χ4n) is 3.64. The number of hydrogen-bond donors (Lipinski definition) is 1. The van der Waals surface area contributed by atoms with Gasteiger partial charge in [-0.05, 0) is 63.0 Å². The summed E-state index contributed by atoms with van der Waals surface area (Å²) in [6, 6.07) is 7.62. The standard InChI is InChI=1S/C20H29N3O2/c24-19-6-4-15-23(19)16-17-7-9-18(10-8-17)20(25)21-11-5-14-22-12-2-1-3-13-22/h7-10H,1-6,11-16H2,(H,21,25). The van der Waals surface area contributed by atoms with E-state index in [1.165, 1.54) is 32.4 Å². The van der Waals surface area contributed by atoms with E-state index in [0.29, 0.717) is 18.5 Å². The first-order chi connectivity index (χ1) is 12.2. The Hall–Kier alpha value is -1.88. The third-order valence-electron chi connectivity index (χ3n) is 5.15. The topological polar surface area (TPSA) is 52.7 Å². The molecular weight excluding hydrogens is 314 g/mol. The molecule has 5 nitrogen and oxygen atoms in total. The van der Waals surface area contributed by atoms with Crippen LogP contribution in [0.15, 0.2) is 24.3 Å². The Balaban J connectivity index is 1.39. The fraction of sp³-hybridized carbons (Fsp3) is 0.600. The van der Waals surface area contributed by atoms with E-state index in [9.17, 15) is 9.59 Å². The van der Waals surface area contributed by atoms with Crippen molar-refractivity contribution < 1.29 is 9.59 Å². The van der Waals surface area contributed by atoms with Crippen molar-refractivity contribution in [3.8, 4) is 0 Å². The van der Waals surface area contributed by atoms with Gasteiger partial charge in [0.1, 0.15) is 0 Å². The van der Waals surface area contributed by atoms with Crippen molar-refractivity contribution in [1.82, 2.24) is 15.1 Å². The van der Waals surface area contributed by atoms with Crippen LogP contribution in [0.25, 0.3) is 0 Å². The lowest BCUT2D eigenvalue weighted by molar-refractivity contribution is -0.128. The minimum absolute atomic E-state index is 0.0116. The molecule has 0 unspecified atom stereocenters. The van der Waals surface area contributed by atoms with Crippen LogP contribution >= 0.6 is 0 Å². The summed E-state index contributed by atoms with van der Waals surface area (Å²) in [5, 5.41) is 3.01. The summed E-state index contributed by atoms with van der Waals surface area (Å²) >= 11 is 0. The average Bonchev–Trinajstić information content (AvgIpc) is 3.05. The number of piperidine rings is 1. The summed E-state index contributed by atoms with van der Waals surface area (Å²) in [4.78, 5) is 28.3. The summed E-state index contributed by atoms with van der Waals surface area (Å²) in [5.41, 5.74) is 1.77. The van der Waals surface area contributed by atoms with Gasteiger partial charge in [-0.3, -0.25) is 9.59 Å². The number of hydrogen-bond acceptors (Lipinski definition) is 3. The van der Waals surface area contributed by atoms with Gasteiger partial charge < -0.3 is 15.1 Å². The molecule has 0 saturated carbocycles. The first kappa shape index (κ1) is 17.9. The van der Waals surface area contributed by atoms with Gasteiger partial charge in [0.05, 0.1) is 0 Å². The SMILES string of the molecule is O=C(NCCCN1CCCCC1)c1ccc(CN2CCCC2=O)cc1. The molecule has 2 saturated heterocycles. The molecule has 0 atom stereocenters. The number of nitrogens with one attached hydrogen (secondary N) is 1. The zero-order valence-electron chi connectivity index (χ0n) is 15.0. The van der Waals surface area contributed by atoms with Gasteiger partial charge in [-0.15, -0.1) is 0 Å². The zero-order valence-corrected chi connectivity index (χ0v) is 15.0. The highest BCUT2D eigenvalue weighted by atomic mass is 16.2. The maximum atomic E-state index is 12.2. The lowest BCUT2D eigenvalue weighted by atomic mass is 10.1. The van der Waals surface area contributed by atoms with Gasteiger partial charge in [-0.25, -0.2) is 0 Å². The first-order valence-corrected chi connectivity index (χ1v) is 9.60. The van der Waals surface area contributed by atoms with Crippen molar-refractivity contribution in [2.24, 2.45) is 0 Å². The van der Waals surface area contributed by atoms with Crippen molar-refractivity contribution in [2.45, 2.75) is 45.1 Å². The third-order valence-corrected chi connectivity index (χ3v) is 5.15. The Labute approximate surface area is 150 Å². The van der Waals surface area contributed by atoms with Crippen LogP contribution in [-0.4, -0.2) is 54.3 Å². The Bertz CT molecular complexity index is 579. The van der Waals surface area contributed by atoms with Crippen molar-refractivity contribution in [1.29, 1.82) is 0 Å². The monoisotopic (exact) mass is 343 g/mol. The molecular formula is C20H29N3O2. The third kappa shape index (κ3) is 5.30. The molecule has 0 aliphatic carbocycles. The molecule has 136 valence electrons. The van der Waals surface area contributed by atoms with Crippen LogP contribution in [0.3, 0.4) is 0 Å². The van der Waals surface area contributed by atoms with Crippen LogP contribution in [-0.2, 0) is 11.3 Å². The molecule has 0 aromatic heterocycles. The smallest absolute Gasteiger partial charge is 0.251 e. The minimum atomic E-state index is -0.0116. The van der Waals surface area contributed by atoms with E-state index in [-0.39, 0.29) is 11.8 Å². The second-order valence-corrected chi connectivity index (χ2v) is 7.13. The molecule has 5 heteroatoms. The van der Waals surface area contributed by atoms with Crippen molar-refractivity contribution >= 4 is 11.8 Å². The van der Waals surface area contributed by atoms with Crippen molar-refractivity contribution in [2.75, 3.05) is 32.7 Å². The molecule has 2 aliphatic heterocycles. The quantitative estimate of drug-likeness (QED) is 0.774. The molecule has 2 fully saturated rings. The summed E-state index contributed by atoms with van der Waals surface area (Å²) in [6.07, 6.45) is 6.59. The van der Waals surface area contributed by atoms with E-state index in [4.69, 9.17) is 0 Å². The highest BCUT2D eigenvalue weighted by Crippen LogP contribution is 2.15. The molecule has 1 aromatic rings. The van der Waals surface area contributed by atoms with Crippen LogP contribution in [0.5, 0.6) is 0 Å². The van der Waals surface area contributed by atoms with E-state index >= 15 is 0 Å². The second-order valence-electron chi connectivity index (χ2n) is 7.13. The molecule has 3 rings (SSSR count). The zero-order chi connectivity index (χ0) is 17.5. The molecule has 0 radical (unpaired) electrons. The van der Waals surface area contributed by atoms with Gasteiger partial charge >= 0.3 is 0 Å². The minimum Gasteiger partial charge on any atom is -0.352 e. The summed E-state index contributed by atoms with van der Waals surface area (Å²) in [7, 11) is 0. The van der Waals surface area contributed by atoms with Crippen LogP contribution in [0.2, 0.25) is 0 Å². The van der Waals surface area contributed by atoms with Gasteiger partial charge in [-0.1, -0.05) is 18.6 Å². The molecule has 2 aliphatic rings. The Kier molecular flexibility index (Phi) is 6.45. The van der Waals surface area contributed by atoms with E-state index in [2.05, 4.69) is 10.2 Å². The van der Waals surface area contributed by atoms with Crippen molar-refractivity contribution in [3.05, 3.63) is 35.4 Å². The summed E-state index contributed by atoms with van der Waals surface area (Å²) in [5.74, 6) is 0.220. The highest BCUT2D eigenvalue weighted by molar-refractivity contribution is 5.94. The van der Waals surface area contributed by atoms with E-state index in [0.717, 1.165) is 38.0 Å². The maximum absolute atomic E-state index is 12.2. The van der Waals surface area contributed by atoms with Gasteiger partial charge in [0.2, 0.25) is 5.91 Å². The predicted octanol–water partition coefficient (Wildman–Crippen LogP) is 2.41. The van der Waals surface area contributed by atoms with Gasteiger partial charge in [0.25, 0.3) is 5.91 Å². The van der Waals surface area contributed by atoms with E-state index in [1.54, 1.807) is 0 Å². The second kappa shape index (κ2) is 8.99. The number of rotatable bonds is 7. The lowest BCUT2D eigenvalue weighted by Gasteiger charge is -2.26. The molecule has 0 spiro atoms. The Morgan fingerprint density at radius 3 is 2.44 bits per heavy atom. The number of nitrogens with zero attached hydrogens (tertiary/aromatic N) is 2. The largest absolute Gasteiger partial charge is 0.352 e. The molecule has 25 heavy (non-hydrogen) atoms. The van der Waals surface area contributed by atoms with E-state index in [1.807, 2.05) is 29.2 Å². The number of benzene rings is 1. The van der Waals surface area contributed by atoms with Gasteiger partial charge in [0, 0.05) is 31.6 Å².